The number of ether oxygens (including phenoxy) is 2. The third-order valence-electron chi connectivity index (χ3n) is 3.48. The summed E-state index contributed by atoms with van der Waals surface area (Å²) in [5.74, 6) is 1.25. The van der Waals surface area contributed by atoms with Crippen LogP contribution in [-0.4, -0.2) is 29.5 Å². The van der Waals surface area contributed by atoms with Gasteiger partial charge < -0.3 is 14.6 Å². The fraction of sp³-hybridized carbons (Fsp3) is 0.278. The number of nitro benzene ring substituents is 1. The van der Waals surface area contributed by atoms with Crippen LogP contribution in [0.15, 0.2) is 42.5 Å². The number of hydrogen-bond acceptors (Lipinski definition) is 6. The standard InChI is InChI=1S/C18H19NO6/c20-13-14-12-15(19(22)23)4-9-18(14)25-11-3-1-2-10-24-17-7-5-16(21)6-8-17/h4-9,12-13,21H,1-3,10-11H2. The highest BCUT2D eigenvalue weighted by Crippen LogP contribution is 2.23. The number of nitrogens with zero attached hydrogens (tertiary/aromatic N) is 1. The van der Waals surface area contributed by atoms with Crippen LogP contribution in [0, 0.1) is 10.1 Å². The third-order valence-corrected chi connectivity index (χ3v) is 3.48. The molecule has 0 bridgehead atoms. The topological polar surface area (TPSA) is 98.9 Å². The first-order valence-electron chi connectivity index (χ1n) is 7.88. The Labute approximate surface area is 145 Å². The lowest BCUT2D eigenvalue weighted by Gasteiger charge is -2.09. The normalized spacial score (nSPS) is 10.2. The first-order chi connectivity index (χ1) is 12.1. The first-order valence-corrected chi connectivity index (χ1v) is 7.88. The van der Waals surface area contributed by atoms with Crippen LogP contribution in [-0.2, 0) is 0 Å². The average molecular weight is 345 g/mol. The number of phenolic OH excluding ortho intramolecular Hbond substituents is 1. The van der Waals surface area contributed by atoms with Gasteiger partial charge in [-0.25, -0.2) is 0 Å². The second-order valence-corrected chi connectivity index (χ2v) is 5.35. The van der Waals surface area contributed by atoms with Gasteiger partial charge in [-0.2, -0.15) is 0 Å². The van der Waals surface area contributed by atoms with Crippen molar-refractivity contribution < 1.29 is 24.3 Å². The van der Waals surface area contributed by atoms with E-state index < -0.39 is 4.92 Å². The maximum absolute atomic E-state index is 11.0. The number of unbranched alkanes of at least 4 members (excludes halogenated alkanes) is 2. The second kappa shape index (κ2) is 9.27. The van der Waals surface area contributed by atoms with E-state index in [1.807, 2.05) is 0 Å². The summed E-state index contributed by atoms with van der Waals surface area (Å²) in [5.41, 5.74) is 0.0330. The number of carbonyl (C=O) groups excluding carboxylic acids is 1. The molecule has 0 amide bonds. The van der Waals surface area contributed by atoms with Crippen LogP contribution in [0.25, 0.3) is 0 Å². The van der Waals surface area contributed by atoms with Gasteiger partial charge in [0.1, 0.15) is 17.2 Å². The Hall–Kier alpha value is -3.09. The molecule has 0 saturated heterocycles. The van der Waals surface area contributed by atoms with E-state index in [0.717, 1.165) is 19.3 Å². The minimum absolute atomic E-state index is 0.138. The molecule has 25 heavy (non-hydrogen) atoms. The molecule has 0 aliphatic rings. The molecule has 0 aromatic heterocycles. The number of hydrogen-bond donors (Lipinski definition) is 1. The molecule has 0 aliphatic heterocycles. The Morgan fingerprint density at radius 2 is 1.68 bits per heavy atom. The van der Waals surface area contributed by atoms with Crippen LogP contribution < -0.4 is 9.47 Å². The fourth-order valence-electron chi connectivity index (χ4n) is 2.17. The van der Waals surface area contributed by atoms with Crippen molar-refractivity contribution in [1.29, 1.82) is 0 Å². The molecule has 1 N–H and O–H groups in total. The van der Waals surface area contributed by atoms with Gasteiger partial charge in [-0.05, 0) is 49.6 Å². The number of phenols is 1. The summed E-state index contributed by atoms with van der Waals surface area (Å²) in [6.45, 7) is 0.972. The van der Waals surface area contributed by atoms with Crippen LogP contribution >= 0.6 is 0 Å². The van der Waals surface area contributed by atoms with Gasteiger partial charge in [-0.3, -0.25) is 14.9 Å². The lowest BCUT2D eigenvalue weighted by atomic mass is 10.2. The van der Waals surface area contributed by atoms with Gasteiger partial charge in [0, 0.05) is 12.1 Å². The summed E-state index contributed by atoms with van der Waals surface area (Å²) in [5, 5.41) is 19.9. The van der Waals surface area contributed by atoms with Crippen LogP contribution in [0.1, 0.15) is 29.6 Å². The largest absolute Gasteiger partial charge is 0.508 e. The van der Waals surface area contributed by atoms with Crippen LogP contribution in [0.2, 0.25) is 0 Å². The molecule has 7 heteroatoms. The predicted molar refractivity (Wildman–Crippen MR) is 91.4 cm³/mol. The summed E-state index contributed by atoms with van der Waals surface area (Å²) < 4.78 is 11.1. The van der Waals surface area contributed by atoms with Crippen molar-refractivity contribution in [2.75, 3.05) is 13.2 Å². The SMILES string of the molecule is O=Cc1cc([N+](=O)[O-])ccc1OCCCCCOc1ccc(O)cc1. The smallest absolute Gasteiger partial charge is 0.270 e. The maximum atomic E-state index is 11.0. The number of carbonyl (C=O) groups is 1. The summed E-state index contributed by atoms with van der Waals surface area (Å²) in [4.78, 5) is 21.1. The zero-order valence-electron chi connectivity index (χ0n) is 13.6. The van der Waals surface area contributed by atoms with E-state index >= 15 is 0 Å². The molecule has 0 aliphatic carbocycles. The van der Waals surface area contributed by atoms with Gasteiger partial charge in [-0.1, -0.05) is 0 Å². The molecule has 2 rings (SSSR count). The van der Waals surface area contributed by atoms with E-state index in [2.05, 4.69) is 0 Å². The van der Waals surface area contributed by atoms with Gasteiger partial charge in [0.15, 0.2) is 6.29 Å². The van der Waals surface area contributed by atoms with Crippen LogP contribution in [0.4, 0.5) is 5.69 Å². The molecule has 0 spiro atoms. The second-order valence-electron chi connectivity index (χ2n) is 5.35. The Morgan fingerprint density at radius 1 is 1.00 bits per heavy atom. The van der Waals surface area contributed by atoms with Crippen LogP contribution in [0.5, 0.6) is 17.2 Å². The number of rotatable bonds is 10. The summed E-state index contributed by atoms with van der Waals surface area (Å²) in [6, 6.07) is 10.5. The maximum Gasteiger partial charge on any atom is 0.270 e. The zero-order chi connectivity index (χ0) is 18.1. The highest BCUT2D eigenvalue weighted by atomic mass is 16.6. The Balaban J connectivity index is 1.66. The number of benzene rings is 2. The molecular formula is C18H19NO6. The lowest BCUT2D eigenvalue weighted by molar-refractivity contribution is -0.384. The molecule has 0 fully saturated rings. The molecule has 0 saturated carbocycles. The van der Waals surface area contributed by atoms with Gasteiger partial charge in [0.2, 0.25) is 0 Å². The fourth-order valence-corrected chi connectivity index (χ4v) is 2.17. The lowest BCUT2D eigenvalue weighted by Crippen LogP contribution is -2.02. The minimum Gasteiger partial charge on any atom is -0.508 e. The van der Waals surface area contributed by atoms with Gasteiger partial charge >= 0.3 is 0 Å². The van der Waals surface area contributed by atoms with Crippen molar-refractivity contribution in [3.63, 3.8) is 0 Å². The highest BCUT2D eigenvalue weighted by molar-refractivity contribution is 5.80. The van der Waals surface area contributed by atoms with Crippen molar-refractivity contribution in [3.8, 4) is 17.2 Å². The monoisotopic (exact) mass is 345 g/mol. The summed E-state index contributed by atoms with van der Waals surface area (Å²) in [7, 11) is 0. The van der Waals surface area contributed by atoms with E-state index in [0.29, 0.717) is 31.0 Å². The van der Waals surface area contributed by atoms with Crippen molar-refractivity contribution >= 4 is 12.0 Å². The first kappa shape index (κ1) is 18.3. The average Bonchev–Trinajstić information content (AvgIpc) is 2.62. The van der Waals surface area contributed by atoms with E-state index in [9.17, 15) is 20.0 Å². The zero-order valence-corrected chi connectivity index (χ0v) is 13.6. The van der Waals surface area contributed by atoms with Gasteiger partial charge in [-0.15, -0.1) is 0 Å². The third kappa shape index (κ3) is 5.80. The molecule has 132 valence electrons. The Morgan fingerprint density at radius 3 is 2.32 bits per heavy atom. The molecule has 0 unspecified atom stereocenters. The Kier molecular flexibility index (Phi) is 6.76. The molecule has 2 aromatic rings. The molecule has 0 atom stereocenters. The molecule has 0 heterocycles. The summed E-state index contributed by atoms with van der Waals surface area (Å²) in [6.07, 6.45) is 3.04. The minimum atomic E-state index is -0.551. The van der Waals surface area contributed by atoms with Gasteiger partial charge in [0.25, 0.3) is 5.69 Å². The predicted octanol–water partition coefficient (Wildman–Crippen LogP) is 3.74. The molecular weight excluding hydrogens is 326 g/mol. The van der Waals surface area contributed by atoms with E-state index in [-0.39, 0.29) is 17.0 Å². The number of nitro groups is 1. The summed E-state index contributed by atoms with van der Waals surface area (Å²) >= 11 is 0. The molecule has 7 nitrogen and oxygen atoms in total. The van der Waals surface area contributed by atoms with Crippen LogP contribution in [0.3, 0.4) is 0 Å². The molecule has 2 aromatic carbocycles. The number of aldehydes is 1. The number of aromatic hydroxyl groups is 1. The Bertz CT molecular complexity index is 714. The van der Waals surface area contributed by atoms with Crippen molar-refractivity contribution in [2.45, 2.75) is 19.3 Å². The number of non-ortho nitro benzene ring substituents is 1. The quantitative estimate of drug-likeness (QED) is 0.305. The molecule has 0 radical (unpaired) electrons. The van der Waals surface area contributed by atoms with Crippen molar-refractivity contribution in [1.82, 2.24) is 0 Å². The van der Waals surface area contributed by atoms with Crippen molar-refractivity contribution in [3.05, 3.63) is 58.1 Å². The highest BCUT2D eigenvalue weighted by Gasteiger charge is 2.11. The van der Waals surface area contributed by atoms with E-state index in [4.69, 9.17) is 9.47 Å². The van der Waals surface area contributed by atoms with Crippen molar-refractivity contribution in [2.24, 2.45) is 0 Å². The van der Waals surface area contributed by atoms with Gasteiger partial charge in [0.05, 0.1) is 23.7 Å². The van der Waals surface area contributed by atoms with E-state index in [1.165, 1.54) is 18.2 Å². The van der Waals surface area contributed by atoms with E-state index in [1.54, 1.807) is 24.3 Å².